The van der Waals surface area contributed by atoms with Crippen molar-refractivity contribution in [2.24, 2.45) is 0 Å². The molecule has 0 bridgehead atoms. The van der Waals surface area contributed by atoms with Crippen LogP contribution in [0.2, 0.25) is 5.02 Å². The summed E-state index contributed by atoms with van der Waals surface area (Å²) in [7, 11) is 0. The second kappa shape index (κ2) is 4.82. The van der Waals surface area contributed by atoms with Gasteiger partial charge in [0.05, 0.1) is 10.7 Å². The number of nitrogens with two attached hydrogens (primary N) is 1. The Kier molecular flexibility index (Phi) is 3.39. The summed E-state index contributed by atoms with van der Waals surface area (Å²) < 4.78 is 31.5. The van der Waals surface area contributed by atoms with Crippen molar-refractivity contribution in [3.63, 3.8) is 0 Å². The first-order valence-corrected chi connectivity index (χ1v) is 5.53. The number of anilines is 1. The molecule has 2 nitrogen and oxygen atoms in total. The third kappa shape index (κ3) is 2.54. The summed E-state index contributed by atoms with van der Waals surface area (Å²) in [5.41, 5.74) is 6.35. The minimum Gasteiger partial charge on any atom is -0.455 e. The molecule has 0 saturated carbocycles. The molecule has 94 valence electrons. The molecule has 2 aromatic carbocycles. The lowest BCUT2D eigenvalue weighted by molar-refractivity contribution is 0.477. The van der Waals surface area contributed by atoms with Gasteiger partial charge in [-0.2, -0.15) is 0 Å². The summed E-state index contributed by atoms with van der Waals surface area (Å²) >= 11 is 5.65. The number of hydrogen-bond donors (Lipinski definition) is 1. The van der Waals surface area contributed by atoms with Gasteiger partial charge in [0.15, 0.2) is 5.75 Å². The lowest BCUT2D eigenvalue weighted by Gasteiger charge is -2.11. The van der Waals surface area contributed by atoms with E-state index in [9.17, 15) is 8.78 Å². The molecule has 2 N–H and O–H groups in total. The Labute approximate surface area is 108 Å². The zero-order chi connectivity index (χ0) is 13.3. The fourth-order valence-corrected chi connectivity index (χ4v) is 1.63. The van der Waals surface area contributed by atoms with Gasteiger partial charge in [-0.3, -0.25) is 0 Å². The molecule has 0 aliphatic heterocycles. The van der Waals surface area contributed by atoms with Crippen LogP contribution in [-0.2, 0) is 0 Å². The third-order valence-electron chi connectivity index (χ3n) is 2.41. The van der Waals surface area contributed by atoms with E-state index in [1.165, 1.54) is 24.3 Å². The highest BCUT2D eigenvalue weighted by molar-refractivity contribution is 6.31. The summed E-state index contributed by atoms with van der Waals surface area (Å²) in [5.74, 6) is -0.302. The summed E-state index contributed by atoms with van der Waals surface area (Å²) in [4.78, 5) is 0. The van der Waals surface area contributed by atoms with Crippen molar-refractivity contribution >= 4 is 17.3 Å². The molecule has 2 aromatic rings. The molecule has 0 saturated heterocycles. The van der Waals surface area contributed by atoms with Gasteiger partial charge in [0.2, 0.25) is 0 Å². The standard InChI is InChI=1S/C13H10ClF2NO/c1-7-4-8(15)2-3-12(7)18-13-5-9(14)10(16)6-11(13)17/h2-6H,17H2,1H3. The van der Waals surface area contributed by atoms with Crippen LogP contribution in [-0.4, -0.2) is 0 Å². The van der Waals surface area contributed by atoms with E-state index >= 15 is 0 Å². The Morgan fingerprint density at radius 3 is 2.50 bits per heavy atom. The molecule has 0 aliphatic carbocycles. The van der Waals surface area contributed by atoms with Gasteiger partial charge >= 0.3 is 0 Å². The van der Waals surface area contributed by atoms with Gasteiger partial charge in [-0.1, -0.05) is 11.6 Å². The molecular formula is C13H10ClF2NO. The molecule has 0 atom stereocenters. The van der Waals surface area contributed by atoms with Crippen molar-refractivity contribution < 1.29 is 13.5 Å². The topological polar surface area (TPSA) is 35.2 Å². The highest BCUT2D eigenvalue weighted by Crippen LogP contribution is 2.33. The molecule has 2 rings (SSSR count). The number of ether oxygens (including phenoxy) is 1. The van der Waals surface area contributed by atoms with E-state index in [1.807, 2.05) is 0 Å². The Bertz CT molecular complexity index is 602. The second-order valence-corrected chi connectivity index (χ2v) is 4.22. The van der Waals surface area contributed by atoms with Gasteiger partial charge in [-0.05, 0) is 30.7 Å². The minimum absolute atomic E-state index is 0.0843. The van der Waals surface area contributed by atoms with Crippen molar-refractivity contribution in [2.75, 3.05) is 5.73 Å². The van der Waals surface area contributed by atoms with Gasteiger partial charge in [-0.15, -0.1) is 0 Å². The predicted octanol–water partition coefficient (Wildman–Crippen LogP) is 4.30. The van der Waals surface area contributed by atoms with Crippen LogP contribution in [0.15, 0.2) is 30.3 Å². The SMILES string of the molecule is Cc1cc(F)ccc1Oc1cc(Cl)c(F)cc1N. The largest absolute Gasteiger partial charge is 0.455 e. The molecule has 0 spiro atoms. The van der Waals surface area contributed by atoms with Crippen LogP contribution in [0, 0.1) is 18.6 Å². The van der Waals surface area contributed by atoms with E-state index in [2.05, 4.69) is 0 Å². The first-order valence-electron chi connectivity index (χ1n) is 5.16. The summed E-state index contributed by atoms with van der Waals surface area (Å²) in [6.45, 7) is 1.69. The molecule has 0 amide bonds. The summed E-state index contributed by atoms with van der Waals surface area (Å²) in [5, 5.41) is -0.0843. The van der Waals surface area contributed by atoms with Crippen molar-refractivity contribution in [2.45, 2.75) is 6.92 Å². The van der Waals surface area contributed by atoms with Crippen LogP contribution in [0.4, 0.5) is 14.5 Å². The number of aryl methyl sites for hydroxylation is 1. The number of benzene rings is 2. The normalized spacial score (nSPS) is 10.4. The van der Waals surface area contributed by atoms with Gasteiger partial charge in [0, 0.05) is 12.1 Å². The fourth-order valence-electron chi connectivity index (χ4n) is 1.48. The predicted molar refractivity (Wildman–Crippen MR) is 67.0 cm³/mol. The zero-order valence-corrected chi connectivity index (χ0v) is 10.3. The molecule has 0 heterocycles. The minimum atomic E-state index is -0.614. The van der Waals surface area contributed by atoms with E-state index < -0.39 is 5.82 Å². The molecule has 18 heavy (non-hydrogen) atoms. The molecule has 0 aromatic heterocycles. The van der Waals surface area contributed by atoms with Crippen LogP contribution in [0.3, 0.4) is 0 Å². The number of halogens is 3. The van der Waals surface area contributed by atoms with E-state index in [-0.39, 0.29) is 22.3 Å². The van der Waals surface area contributed by atoms with Gasteiger partial charge in [0.1, 0.15) is 17.4 Å². The molecular weight excluding hydrogens is 260 g/mol. The first kappa shape index (κ1) is 12.6. The number of rotatable bonds is 2. The highest BCUT2D eigenvalue weighted by Gasteiger charge is 2.10. The van der Waals surface area contributed by atoms with Crippen LogP contribution in [0.25, 0.3) is 0 Å². The lowest BCUT2D eigenvalue weighted by Crippen LogP contribution is -1.95. The van der Waals surface area contributed by atoms with Crippen molar-refractivity contribution in [1.82, 2.24) is 0 Å². The van der Waals surface area contributed by atoms with Crippen molar-refractivity contribution in [3.05, 3.63) is 52.6 Å². The maximum absolute atomic E-state index is 13.1. The van der Waals surface area contributed by atoms with Gasteiger partial charge in [-0.25, -0.2) is 8.78 Å². The fraction of sp³-hybridized carbons (Fsp3) is 0.0769. The quantitative estimate of drug-likeness (QED) is 0.825. The second-order valence-electron chi connectivity index (χ2n) is 3.82. The Balaban J connectivity index is 2.37. The monoisotopic (exact) mass is 269 g/mol. The Morgan fingerprint density at radius 2 is 1.83 bits per heavy atom. The Hall–Kier alpha value is -1.81. The smallest absolute Gasteiger partial charge is 0.152 e. The number of hydrogen-bond acceptors (Lipinski definition) is 2. The van der Waals surface area contributed by atoms with Crippen LogP contribution >= 0.6 is 11.6 Å². The summed E-state index contributed by atoms with van der Waals surface area (Å²) in [6, 6.07) is 6.44. The van der Waals surface area contributed by atoms with Crippen molar-refractivity contribution in [1.29, 1.82) is 0 Å². The highest BCUT2D eigenvalue weighted by atomic mass is 35.5. The van der Waals surface area contributed by atoms with Gasteiger partial charge in [0.25, 0.3) is 0 Å². The molecule has 0 aliphatic rings. The van der Waals surface area contributed by atoms with Crippen LogP contribution in [0.1, 0.15) is 5.56 Å². The average Bonchev–Trinajstić information content (AvgIpc) is 2.29. The maximum Gasteiger partial charge on any atom is 0.152 e. The zero-order valence-electron chi connectivity index (χ0n) is 9.51. The lowest BCUT2D eigenvalue weighted by atomic mass is 10.2. The molecule has 0 fully saturated rings. The molecule has 0 unspecified atom stereocenters. The first-order chi connectivity index (χ1) is 8.47. The van der Waals surface area contributed by atoms with E-state index in [0.717, 1.165) is 6.07 Å². The average molecular weight is 270 g/mol. The molecule has 5 heteroatoms. The third-order valence-corrected chi connectivity index (χ3v) is 2.70. The van der Waals surface area contributed by atoms with E-state index in [0.29, 0.717) is 11.3 Å². The van der Waals surface area contributed by atoms with E-state index in [4.69, 9.17) is 22.1 Å². The van der Waals surface area contributed by atoms with Gasteiger partial charge < -0.3 is 10.5 Å². The van der Waals surface area contributed by atoms with Crippen LogP contribution in [0.5, 0.6) is 11.5 Å². The van der Waals surface area contributed by atoms with Crippen LogP contribution < -0.4 is 10.5 Å². The molecule has 0 radical (unpaired) electrons. The van der Waals surface area contributed by atoms with E-state index in [1.54, 1.807) is 6.92 Å². The van der Waals surface area contributed by atoms with Crippen molar-refractivity contribution in [3.8, 4) is 11.5 Å². The summed E-state index contributed by atoms with van der Waals surface area (Å²) in [6.07, 6.45) is 0. The number of nitrogen functional groups attached to an aromatic ring is 1. The maximum atomic E-state index is 13.1. The Morgan fingerprint density at radius 1 is 1.11 bits per heavy atom.